The van der Waals surface area contributed by atoms with Crippen molar-refractivity contribution in [2.75, 3.05) is 36.8 Å². The molecular weight excluding hydrogens is 568 g/mol. The molecule has 0 radical (unpaired) electrons. The van der Waals surface area contributed by atoms with Gasteiger partial charge in [-0.1, -0.05) is 17.2 Å². The predicted octanol–water partition coefficient (Wildman–Crippen LogP) is 3.08. The molecule has 3 N–H and O–H groups in total. The fourth-order valence-corrected chi connectivity index (χ4v) is 6.17. The van der Waals surface area contributed by atoms with Crippen molar-refractivity contribution < 1.29 is 36.9 Å². The molecule has 0 aliphatic carbocycles. The van der Waals surface area contributed by atoms with E-state index < -0.39 is 34.1 Å². The summed E-state index contributed by atoms with van der Waals surface area (Å²) in [5.41, 5.74) is 1.47. The van der Waals surface area contributed by atoms with E-state index in [1.807, 2.05) is 6.92 Å². The number of anilines is 2. The summed E-state index contributed by atoms with van der Waals surface area (Å²) in [5.74, 6) is 0.147. The van der Waals surface area contributed by atoms with Gasteiger partial charge in [0, 0.05) is 25.2 Å². The minimum absolute atomic E-state index is 0.0841. The molecule has 3 aromatic rings. The third kappa shape index (κ3) is 6.21. The van der Waals surface area contributed by atoms with E-state index in [1.54, 1.807) is 27.8 Å². The first kappa shape index (κ1) is 30.8. The van der Waals surface area contributed by atoms with Crippen LogP contribution in [0.25, 0.3) is 0 Å². The van der Waals surface area contributed by atoms with E-state index in [-0.39, 0.29) is 59.0 Å². The zero-order chi connectivity index (χ0) is 30.9. The number of carbonyl (C=O) groups is 2. The zero-order valence-electron chi connectivity index (χ0n) is 24.6. The average molecular weight is 605 g/mol. The van der Waals surface area contributed by atoms with Crippen LogP contribution in [0.5, 0.6) is 5.75 Å². The zero-order valence-corrected chi connectivity index (χ0v) is 25.4. The molecule has 1 aromatic carbocycles. The molecule has 0 saturated carbocycles. The summed E-state index contributed by atoms with van der Waals surface area (Å²) in [4.78, 5) is 29.6. The maximum absolute atomic E-state index is 13.7. The molecule has 14 nitrogen and oxygen atoms in total. The number of hydrogen-bond donors (Lipinski definition) is 3. The number of aryl methyl sites for hydroxylation is 4. The highest BCUT2D eigenvalue weighted by Crippen LogP contribution is 2.32. The average Bonchev–Trinajstić information content (AvgIpc) is 3.45. The van der Waals surface area contributed by atoms with Crippen molar-refractivity contribution in [1.29, 1.82) is 0 Å². The first-order valence-corrected chi connectivity index (χ1v) is 14.8. The summed E-state index contributed by atoms with van der Waals surface area (Å²) >= 11 is 0. The van der Waals surface area contributed by atoms with E-state index in [2.05, 4.69) is 20.4 Å². The minimum atomic E-state index is -4.07. The lowest BCUT2D eigenvalue weighted by molar-refractivity contribution is 0.0371. The molecule has 0 unspecified atom stereocenters. The highest BCUT2D eigenvalue weighted by molar-refractivity contribution is 7.92. The van der Waals surface area contributed by atoms with Crippen LogP contribution in [-0.2, 0) is 10.0 Å². The molecular formula is C27H36N6O8S. The van der Waals surface area contributed by atoms with E-state index in [0.29, 0.717) is 17.1 Å². The Bertz CT molecular complexity index is 1540. The SMILES string of the molecule is Cc1noc(C)c1NC(=O)N(C)C[C@H]1Oc2ccc(NS(=O)(=O)c3c(C)noc3C)cc2C(=O)N([C@H](C)CO)C[C@@H]1C. The number of fused-ring (bicyclic) bond motifs is 1. The van der Waals surface area contributed by atoms with Gasteiger partial charge in [-0.25, -0.2) is 13.2 Å². The Morgan fingerprint density at radius 1 is 1.17 bits per heavy atom. The second kappa shape index (κ2) is 12.0. The van der Waals surface area contributed by atoms with Crippen molar-refractivity contribution in [2.45, 2.75) is 58.6 Å². The molecule has 2 aromatic heterocycles. The lowest BCUT2D eigenvalue weighted by Crippen LogP contribution is -2.50. The summed E-state index contributed by atoms with van der Waals surface area (Å²) < 4.78 is 45.1. The Morgan fingerprint density at radius 2 is 1.83 bits per heavy atom. The smallest absolute Gasteiger partial charge is 0.321 e. The van der Waals surface area contributed by atoms with E-state index in [1.165, 1.54) is 41.8 Å². The normalized spacial score (nSPS) is 18.0. The highest BCUT2D eigenvalue weighted by atomic mass is 32.2. The Morgan fingerprint density at radius 3 is 2.43 bits per heavy atom. The van der Waals surface area contributed by atoms with Crippen molar-refractivity contribution in [3.05, 3.63) is 46.7 Å². The molecule has 1 aliphatic heterocycles. The van der Waals surface area contributed by atoms with Gasteiger partial charge < -0.3 is 34.0 Å². The Kier molecular flexibility index (Phi) is 8.82. The summed E-state index contributed by atoms with van der Waals surface area (Å²) in [6, 6.07) is 3.46. The van der Waals surface area contributed by atoms with E-state index in [0.717, 1.165) is 0 Å². The molecule has 4 rings (SSSR count). The molecule has 0 fully saturated rings. The van der Waals surface area contributed by atoms with Crippen LogP contribution in [0, 0.1) is 33.6 Å². The number of aliphatic hydroxyl groups is 1. The van der Waals surface area contributed by atoms with Gasteiger partial charge >= 0.3 is 6.03 Å². The lowest BCUT2D eigenvalue weighted by atomic mass is 9.99. The highest BCUT2D eigenvalue weighted by Gasteiger charge is 2.35. The van der Waals surface area contributed by atoms with E-state index in [4.69, 9.17) is 13.8 Å². The number of nitrogens with one attached hydrogen (secondary N) is 2. The van der Waals surface area contributed by atoms with Crippen molar-refractivity contribution in [3.63, 3.8) is 0 Å². The lowest BCUT2D eigenvalue weighted by Gasteiger charge is -2.38. The molecule has 1 aliphatic rings. The van der Waals surface area contributed by atoms with Gasteiger partial charge in [-0.2, -0.15) is 0 Å². The fourth-order valence-electron chi connectivity index (χ4n) is 4.79. The van der Waals surface area contributed by atoms with Crippen molar-refractivity contribution in [2.24, 2.45) is 5.92 Å². The maximum atomic E-state index is 13.7. The third-order valence-corrected chi connectivity index (χ3v) is 8.84. The van der Waals surface area contributed by atoms with Crippen molar-refractivity contribution >= 4 is 33.3 Å². The predicted molar refractivity (Wildman–Crippen MR) is 152 cm³/mol. The number of aromatic nitrogens is 2. The van der Waals surface area contributed by atoms with Crippen LogP contribution in [0.1, 0.15) is 47.1 Å². The first-order chi connectivity index (χ1) is 19.7. The molecule has 3 amide bonds. The van der Waals surface area contributed by atoms with Gasteiger partial charge in [-0.15, -0.1) is 0 Å². The molecule has 15 heteroatoms. The second-order valence-corrected chi connectivity index (χ2v) is 12.2. The summed E-state index contributed by atoms with van der Waals surface area (Å²) in [7, 11) is -2.45. The quantitative estimate of drug-likeness (QED) is 0.346. The Hall–Kier alpha value is -4.11. The number of carbonyl (C=O) groups excluding carboxylic acids is 2. The number of nitrogens with zero attached hydrogens (tertiary/aromatic N) is 4. The number of ether oxygens (including phenoxy) is 1. The minimum Gasteiger partial charge on any atom is -0.487 e. The Balaban J connectivity index is 1.64. The maximum Gasteiger partial charge on any atom is 0.321 e. The number of benzene rings is 1. The number of aliphatic hydroxyl groups excluding tert-OH is 1. The molecule has 0 saturated heterocycles. The second-order valence-electron chi connectivity index (χ2n) is 10.6. The van der Waals surface area contributed by atoms with Gasteiger partial charge in [0.25, 0.3) is 15.9 Å². The Labute approximate surface area is 244 Å². The van der Waals surface area contributed by atoms with Gasteiger partial charge in [0.1, 0.15) is 28.9 Å². The van der Waals surface area contributed by atoms with Crippen molar-refractivity contribution in [3.8, 4) is 5.75 Å². The molecule has 3 heterocycles. The molecule has 3 atom stereocenters. The first-order valence-electron chi connectivity index (χ1n) is 13.4. The molecule has 42 heavy (non-hydrogen) atoms. The third-order valence-electron chi connectivity index (χ3n) is 7.22. The molecule has 0 spiro atoms. The van der Waals surface area contributed by atoms with Crippen LogP contribution < -0.4 is 14.8 Å². The number of urea groups is 1. The molecule has 228 valence electrons. The van der Waals surface area contributed by atoms with Crippen LogP contribution in [0.4, 0.5) is 16.2 Å². The fraction of sp³-hybridized carbons (Fsp3) is 0.481. The van der Waals surface area contributed by atoms with E-state index in [9.17, 15) is 23.1 Å². The van der Waals surface area contributed by atoms with Crippen molar-refractivity contribution in [1.82, 2.24) is 20.1 Å². The topological polar surface area (TPSA) is 180 Å². The number of rotatable bonds is 8. The number of sulfonamides is 1. The summed E-state index contributed by atoms with van der Waals surface area (Å²) in [6.07, 6.45) is -0.560. The summed E-state index contributed by atoms with van der Waals surface area (Å²) in [6.45, 7) is 10.1. The van der Waals surface area contributed by atoms with Gasteiger partial charge in [0.05, 0.1) is 24.8 Å². The van der Waals surface area contributed by atoms with Crippen LogP contribution in [0.15, 0.2) is 32.1 Å². The number of amides is 3. The summed E-state index contributed by atoms with van der Waals surface area (Å²) in [5, 5.41) is 20.3. The van der Waals surface area contributed by atoms with Gasteiger partial charge in [-0.05, 0) is 52.8 Å². The number of likely N-dealkylation sites (N-methyl/N-ethyl adjacent to an activating group) is 1. The van der Waals surface area contributed by atoms with Crippen LogP contribution >= 0.6 is 0 Å². The standard InChI is InChI=1S/C27H36N6O8S/c1-14-11-33(15(2)13-34)26(35)21-10-20(31-42(37,38)25-17(4)30-41-19(25)6)8-9-22(21)39-23(14)12-32(7)27(36)28-24-16(3)29-40-18(24)5/h8-10,14-15,23,31,34H,11-13H2,1-7H3,(H,28,36)/t14-,15+,23+/m0/s1. The van der Waals surface area contributed by atoms with Crippen LogP contribution in [-0.4, -0.2) is 84.5 Å². The number of hydrogen-bond acceptors (Lipinski definition) is 10. The van der Waals surface area contributed by atoms with Gasteiger partial charge in [-0.3, -0.25) is 9.52 Å². The van der Waals surface area contributed by atoms with E-state index >= 15 is 0 Å². The van der Waals surface area contributed by atoms with Crippen LogP contribution in [0.3, 0.4) is 0 Å². The molecule has 0 bridgehead atoms. The largest absolute Gasteiger partial charge is 0.487 e. The van der Waals surface area contributed by atoms with Gasteiger partial charge in [0.15, 0.2) is 16.4 Å². The monoisotopic (exact) mass is 604 g/mol. The van der Waals surface area contributed by atoms with Crippen LogP contribution in [0.2, 0.25) is 0 Å². The van der Waals surface area contributed by atoms with Gasteiger partial charge in [0.2, 0.25) is 0 Å².